The number of carbonyl (C=O) groups is 1. The molecular formula is C16H22N2O. The molecule has 0 aliphatic carbocycles. The molecule has 0 bridgehead atoms. The average molecular weight is 258 g/mol. The Labute approximate surface area is 115 Å². The predicted octanol–water partition coefficient (Wildman–Crippen LogP) is 2.18. The smallest absolute Gasteiger partial charge is 0.253 e. The van der Waals surface area contributed by atoms with E-state index < -0.39 is 0 Å². The molecule has 0 saturated heterocycles. The average Bonchev–Trinajstić information content (AvgIpc) is 2.44. The molecule has 19 heavy (non-hydrogen) atoms. The van der Waals surface area contributed by atoms with Gasteiger partial charge in [0.05, 0.1) is 6.54 Å². The van der Waals surface area contributed by atoms with E-state index >= 15 is 0 Å². The van der Waals surface area contributed by atoms with Gasteiger partial charge in [-0.2, -0.15) is 0 Å². The molecule has 0 saturated carbocycles. The lowest BCUT2D eigenvalue weighted by molar-refractivity contribution is 0.0740. The first-order chi connectivity index (χ1) is 9.01. The molecule has 0 aliphatic heterocycles. The second-order valence-corrected chi connectivity index (χ2v) is 4.71. The first-order valence-corrected chi connectivity index (χ1v) is 6.58. The minimum atomic E-state index is 0.0325. The van der Waals surface area contributed by atoms with Crippen molar-refractivity contribution in [2.24, 2.45) is 5.73 Å². The molecule has 0 radical (unpaired) electrons. The van der Waals surface area contributed by atoms with Gasteiger partial charge < -0.3 is 10.6 Å². The van der Waals surface area contributed by atoms with Gasteiger partial charge in [0.15, 0.2) is 0 Å². The van der Waals surface area contributed by atoms with Gasteiger partial charge >= 0.3 is 0 Å². The molecule has 1 amide bonds. The Hall–Kier alpha value is -1.79. The van der Waals surface area contributed by atoms with Crippen molar-refractivity contribution in [3.05, 3.63) is 34.9 Å². The maximum atomic E-state index is 12.3. The second-order valence-electron chi connectivity index (χ2n) is 4.71. The Kier molecular flexibility index (Phi) is 5.59. The first-order valence-electron chi connectivity index (χ1n) is 6.58. The van der Waals surface area contributed by atoms with Gasteiger partial charge in [-0.05, 0) is 38.0 Å². The highest BCUT2D eigenvalue weighted by molar-refractivity contribution is 5.94. The van der Waals surface area contributed by atoms with Crippen LogP contribution in [0.4, 0.5) is 0 Å². The lowest BCUT2D eigenvalue weighted by Gasteiger charge is -2.24. The number of benzene rings is 1. The fourth-order valence-electron chi connectivity index (χ4n) is 1.71. The molecule has 0 heterocycles. The summed E-state index contributed by atoms with van der Waals surface area (Å²) < 4.78 is 0. The van der Waals surface area contributed by atoms with E-state index in [2.05, 4.69) is 18.8 Å². The van der Waals surface area contributed by atoms with Crippen molar-refractivity contribution in [2.75, 3.05) is 13.6 Å². The van der Waals surface area contributed by atoms with Gasteiger partial charge in [0, 0.05) is 24.2 Å². The second kappa shape index (κ2) is 6.96. The van der Waals surface area contributed by atoms with Gasteiger partial charge in [0.25, 0.3) is 5.91 Å². The monoisotopic (exact) mass is 258 g/mol. The summed E-state index contributed by atoms with van der Waals surface area (Å²) in [7, 11) is 1.83. The molecule has 1 aromatic carbocycles. The Bertz CT molecular complexity index is 511. The minimum absolute atomic E-state index is 0.0325. The highest BCUT2D eigenvalue weighted by Gasteiger charge is 2.16. The van der Waals surface area contributed by atoms with Crippen LogP contribution < -0.4 is 5.73 Å². The molecular weight excluding hydrogens is 236 g/mol. The van der Waals surface area contributed by atoms with Crippen LogP contribution in [-0.2, 0) is 0 Å². The lowest BCUT2D eigenvalue weighted by atomic mass is 10.0. The van der Waals surface area contributed by atoms with Crippen molar-refractivity contribution in [3.8, 4) is 11.8 Å². The summed E-state index contributed by atoms with van der Waals surface area (Å²) >= 11 is 0. The molecule has 0 spiro atoms. The Balaban J connectivity index is 3.05. The van der Waals surface area contributed by atoms with Gasteiger partial charge in [0.2, 0.25) is 0 Å². The summed E-state index contributed by atoms with van der Waals surface area (Å²) in [5, 5.41) is 0. The molecule has 1 atom stereocenters. The van der Waals surface area contributed by atoms with Gasteiger partial charge in [-0.15, -0.1) is 0 Å². The van der Waals surface area contributed by atoms with Gasteiger partial charge in [-0.3, -0.25) is 4.79 Å². The van der Waals surface area contributed by atoms with Crippen molar-refractivity contribution in [1.82, 2.24) is 4.90 Å². The number of amides is 1. The van der Waals surface area contributed by atoms with E-state index in [0.29, 0.717) is 12.1 Å². The zero-order chi connectivity index (χ0) is 14.4. The van der Waals surface area contributed by atoms with Crippen LogP contribution in [0.2, 0.25) is 0 Å². The number of nitrogens with zero attached hydrogens (tertiary/aromatic N) is 1. The van der Waals surface area contributed by atoms with Crippen LogP contribution in [0, 0.1) is 18.8 Å². The van der Waals surface area contributed by atoms with Gasteiger partial charge in [0.1, 0.15) is 0 Å². The van der Waals surface area contributed by atoms with Crippen molar-refractivity contribution in [3.63, 3.8) is 0 Å². The summed E-state index contributed by atoms with van der Waals surface area (Å²) in [4.78, 5) is 14.1. The van der Waals surface area contributed by atoms with E-state index in [-0.39, 0.29) is 11.9 Å². The zero-order valence-electron chi connectivity index (χ0n) is 12.2. The van der Waals surface area contributed by atoms with E-state index in [1.807, 2.05) is 39.1 Å². The third kappa shape index (κ3) is 3.84. The molecule has 3 nitrogen and oxygen atoms in total. The Morgan fingerprint density at radius 2 is 2.16 bits per heavy atom. The summed E-state index contributed by atoms with van der Waals surface area (Å²) in [5.74, 6) is 5.86. The van der Waals surface area contributed by atoms with E-state index in [4.69, 9.17) is 5.73 Å². The lowest BCUT2D eigenvalue weighted by Crippen LogP contribution is -2.34. The number of hydrogen-bond acceptors (Lipinski definition) is 2. The maximum absolute atomic E-state index is 12.3. The molecule has 102 valence electrons. The number of carbonyl (C=O) groups excluding carboxylic acids is 1. The summed E-state index contributed by atoms with van der Waals surface area (Å²) in [6.07, 6.45) is 0.938. The van der Waals surface area contributed by atoms with Crippen molar-refractivity contribution < 1.29 is 4.79 Å². The van der Waals surface area contributed by atoms with Crippen LogP contribution in [0.1, 0.15) is 41.8 Å². The zero-order valence-corrected chi connectivity index (χ0v) is 12.2. The predicted molar refractivity (Wildman–Crippen MR) is 79.0 cm³/mol. The highest BCUT2D eigenvalue weighted by atomic mass is 16.2. The fraction of sp³-hybridized carbons (Fsp3) is 0.438. The normalized spacial score (nSPS) is 11.4. The molecule has 0 aromatic heterocycles. The third-order valence-electron chi connectivity index (χ3n) is 3.38. The molecule has 3 heteroatoms. The van der Waals surface area contributed by atoms with Crippen LogP contribution in [-0.4, -0.2) is 30.4 Å². The molecule has 2 N–H and O–H groups in total. The quantitative estimate of drug-likeness (QED) is 0.845. The maximum Gasteiger partial charge on any atom is 0.253 e. The molecule has 0 aliphatic rings. The SMILES string of the molecule is CCC(C)N(C)C(=O)c1ccc(C)c(C#CCN)c1. The fourth-order valence-corrected chi connectivity index (χ4v) is 1.71. The molecule has 1 rings (SSSR count). The molecule has 0 fully saturated rings. The minimum Gasteiger partial charge on any atom is -0.339 e. The van der Waals surface area contributed by atoms with Crippen LogP contribution in [0.25, 0.3) is 0 Å². The Morgan fingerprint density at radius 3 is 2.74 bits per heavy atom. The van der Waals surface area contributed by atoms with E-state index in [0.717, 1.165) is 17.5 Å². The summed E-state index contributed by atoms with van der Waals surface area (Å²) in [5.41, 5.74) is 7.99. The van der Waals surface area contributed by atoms with E-state index in [9.17, 15) is 4.79 Å². The van der Waals surface area contributed by atoms with Crippen LogP contribution in [0.5, 0.6) is 0 Å². The van der Waals surface area contributed by atoms with Crippen molar-refractivity contribution in [2.45, 2.75) is 33.2 Å². The van der Waals surface area contributed by atoms with Crippen LogP contribution in [0.3, 0.4) is 0 Å². The molecule has 1 unspecified atom stereocenters. The van der Waals surface area contributed by atoms with Crippen molar-refractivity contribution in [1.29, 1.82) is 0 Å². The largest absolute Gasteiger partial charge is 0.339 e. The van der Waals surface area contributed by atoms with E-state index in [1.54, 1.807) is 4.90 Å². The molecule has 1 aromatic rings. The number of aryl methyl sites for hydroxylation is 1. The number of nitrogens with two attached hydrogens (primary N) is 1. The van der Waals surface area contributed by atoms with Gasteiger partial charge in [-0.1, -0.05) is 24.8 Å². The van der Waals surface area contributed by atoms with Gasteiger partial charge in [-0.25, -0.2) is 0 Å². The topological polar surface area (TPSA) is 46.3 Å². The summed E-state index contributed by atoms with van der Waals surface area (Å²) in [6.45, 7) is 6.42. The highest BCUT2D eigenvalue weighted by Crippen LogP contribution is 2.13. The first kappa shape index (κ1) is 15.3. The summed E-state index contributed by atoms with van der Waals surface area (Å²) in [6, 6.07) is 5.86. The Morgan fingerprint density at radius 1 is 1.47 bits per heavy atom. The number of hydrogen-bond donors (Lipinski definition) is 1. The van der Waals surface area contributed by atoms with Crippen LogP contribution in [0.15, 0.2) is 18.2 Å². The van der Waals surface area contributed by atoms with Crippen LogP contribution >= 0.6 is 0 Å². The van der Waals surface area contributed by atoms with E-state index in [1.165, 1.54) is 0 Å². The third-order valence-corrected chi connectivity index (χ3v) is 3.38. The number of rotatable bonds is 3. The van der Waals surface area contributed by atoms with Crippen molar-refractivity contribution >= 4 is 5.91 Å². The standard InChI is InChI=1S/C16H22N2O/c1-5-13(3)18(4)16(19)15-9-8-12(2)14(11-15)7-6-10-17/h8-9,11,13H,5,10,17H2,1-4H3.